The Bertz CT molecular complexity index is 727. The van der Waals surface area contributed by atoms with Crippen LogP contribution in [0.5, 0.6) is 0 Å². The third kappa shape index (κ3) is 4.20. The molecule has 0 spiro atoms. The van der Waals surface area contributed by atoms with Gasteiger partial charge in [-0.2, -0.15) is 4.31 Å². The molecule has 0 unspecified atom stereocenters. The lowest BCUT2D eigenvalue weighted by Crippen LogP contribution is -2.40. The monoisotopic (exact) mass is 345 g/mol. The summed E-state index contributed by atoms with van der Waals surface area (Å²) in [6.45, 7) is 2.93. The molecule has 2 heterocycles. The highest BCUT2D eigenvalue weighted by molar-refractivity contribution is 7.89. The number of hydrogen-bond donors (Lipinski definition) is 1. The fourth-order valence-corrected chi connectivity index (χ4v) is 4.51. The van der Waals surface area contributed by atoms with Crippen molar-refractivity contribution >= 4 is 10.0 Å². The number of benzene rings is 1. The summed E-state index contributed by atoms with van der Waals surface area (Å²) in [7, 11) is -3.34. The van der Waals surface area contributed by atoms with Crippen molar-refractivity contribution < 1.29 is 8.42 Å². The molecule has 0 saturated carbocycles. The van der Waals surface area contributed by atoms with E-state index in [1.807, 2.05) is 18.2 Å². The van der Waals surface area contributed by atoms with Crippen molar-refractivity contribution in [3.05, 3.63) is 60.4 Å². The van der Waals surface area contributed by atoms with Crippen LogP contribution in [0.2, 0.25) is 0 Å². The van der Waals surface area contributed by atoms with Crippen LogP contribution in [0, 0.1) is 5.92 Å². The first-order valence-corrected chi connectivity index (χ1v) is 9.75. The first kappa shape index (κ1) is 17.1. The molecule has 1 aliphatic rings. The first-order chi connectivity index (χ1) is 11.7. The van der Waals surface area contributed by atoms with Crippen LogP contribution < -0.4 is 5.32 Å². The van der Waals surface area contributed by atoms with Crippen molar-refractivity contribution in [3.63, 3.8) is 0 Å². The molecule has 0 atom stereocenters. The van der Waals surface area contributed by atoms with Gasteiger partial charge in [0.15, 0.2) is 0 Å². The van der Waals surface area contributed by atoms with Crippen LogP contribution >= 0.6 is 0 Å². The molecule has 1 N–H and O–H groups in total. The largest absolute Gasteiger partial charge is 0.312 e. The van der Waals surface area contributed by atoms with E-state index < -0.39 is 10.0 Å². The van der Waals surface area contributed by atoms with Gasteiger partial charge in [0.1, 0.15) is 0 Å². The maximum absolute atomic E-state index is 12.6. The Morgan fingerprint density at radius 2 is 1.71 bits per heavy atom. The molecule has 1 fully saturated rings. The van der Waals surface area contributed by atoms with Gasteiger partial charge >= 0.3 is 0 Å². The molecular formula is C18H23N3O2S. The fourth-order valence-electron chi connectivity index (χ4n) is 3.02. The van der Waals surface area contributed by atoms with Crippen LogP contribution in [0.1, 0.15) is 18.4 Å². The van der Waals surface area contributed by atoms with E-state index in [1.54, 1.807) is 41.0 Å². The minimum absolute atomic E-state index is 0.388. The average Bonchev–Trinajstić information content (AvgIpc) is 2.64. The summed E-state index contributed by atoms with van der Waals surface area (Å²) in [6, 6.07) is 12.7. The Hall–Kier alpha value is -1.76. The fraction of sp³-hybridized carbons (Fsp3) is 0.389. The highest BCUT2D eigenvalue weighted by Gasteiger charge is 2.28. The Morgan fingerprint density at radius 3 is 2.38 bits per heavy atom. The van der Waals surface area contributed by atoms with Gasteiger partial charge in [0.05, 0.1) is 4.90 Å². The minimum Gasteiger partial charge on any atom is -0.312 e. The molecule has 1 aromatic carbocycles. The molecule has 6 heteroatoms. The van der Waals surface area contributed by atoms with Gasteiger partial charge < -0.3 is 5.32 Å². The quantitative estimate of drug-likeness (QED) is 0.872. The highest BCUT2D eigenvalue weighted by Crippen LogP contribution is 2.23. The molecule has 2 aromatic rings. The van der Waals surface area contributed by atoms with Crippen LogP contribution in [-0.4, -0.2) is 37.3 Å². The van der Waals surface area contributed by atoms with E-state index in [2.05, 4.69) is 10.3 Å². The van der Waals surface area contributed by atoms with Crippen molar-refractivity contribution in [2.45, 2.75) is 24.3 Å². The molecule has 0 aliphatic carbocycles. The second-order valence-corrected chi connectivity index (χ2v) is 8.08. The summed E-state index contributed by atoms with van der Waals surface area (Å²) in [4.78, 5) is 4.40. The van der Waals surface area contributed by atoms with E-state index >= 15 is 0 Å². The lowest BCUT2D eigenvalue weighted by Gasteiger charge is -2.31. The number of pyridine rings is 1. The van der Waals surface area contributed by atoms with Crippen LogP contribution in [0.3, 0.4) is 0 Å². The summed E-state index contributed by atoms with van der Waals surface area (Å²) in [5, 5.41) is 3.46. The van der Waals surface area contributed by atoms with E-state index in [0.717, 1.165) is 25.9 Å². The standard InChI is InChI=1S/C18H23N3O2S/c22-24(23,18-4-2-1-3-5-18)21-12-8-17(9-13-21)15-20-14-16-6-10-19-11-7-16/h1-7,10-11,17,20H,8-9,12-15H2. The lowest BCUT2D eigenvalue weighted by atomic mass is 9.98. The third-order valence-corrected chi connectivity index (χ3v) is 6.38. The van der Waals surface area contributed by atoms with Crippen molar-refractivity contribution in [2.75, 3.05) is 19.6 Å². The van der Waals surface area contributed by atoms with E-state index in [0.29, 0.717) is 23.9 Å². The number of rotatable bonds is 6. The van der Waals surface area contributed by atoms with Gasteiger partial charge in [0, 0.05) is 32.0 Å². The molecule has 1 aliphatic heterocycles. The minimum atomic E-state index is -3.34. The molecule has 1 saturated heterocycles. The zero-order chi connectivity index (χ0) is 16.8. The number of aromatic nitrogens is 1. The van der Waals surface area contributed by atoms with Crippen LogP contribution in [0.4, 0.5) is 0 Å². The molecule has 5 nitrogen and oxygen atoms in total. The number of piperidine rings is 1. The molecular weight excluding hydrogens is 322 g/mol. The van der Waals surface area contributed by atoms with Gasteiger partial charge in [-0.05, 0) is 55.1 Å². The number of nitrogens with zero attached hydrogens (tertiary/aromatic N) is 2. The molecule has 0 amide bonds. The van der Waals surface area contributed by atoms with Gasteiger partial charge in [0.2, 0.25) is 10.0 Å². The number of nitrogens with one attached hydrogen (secondary N) is 1. The molecule has 0 bridgehead atoms. The van der Waals surface area contributed by atoms with Crippen molar-refractivity contribution in [1.82, 2.24) is 14.6 Å². The predicted octanol–water partition coefficient (Wildman–Crippen LogP) is 2.27. The smallest absolute Gasteiger partial charge is 0.243 e. The lowest BCUT2D eigenvalue weighted by molar-refractivity contribution is 0.267. The van der Waals surface area contributed by atoms with Gasteiger partial charge in [-0.15, -0.1) is 0 Å². The zero-order valence-corrected chi connectivity index (χ0v) is 14.5. The van der Waals surface area contributed by atoms with Crippen LogP contribution in [0.25, 0.3) is 0 Å². The van der Waals surface area contributed by atoms with Crippen LogP contribution in [0.15, 0.2) is 59.8 Å². The van der Waals surface area contributed by atoms with E-state index in [1.165, 1.54) is 5.56 Å². The van der Waals surface area contributed by atoms with Crippen molar-refractivity contribution in [2.24, 2.45) is 5.92 Å². The zero-order valence-electron chi connectivity index (χ0n) is 13.6. The molecule has 24 heavy (non-hydrogen) atoms. The average molecular weight is 345 g/mol. The molecule has 0 radical (unpaired) electrons. The van der Waals surface area contributed by atoms with Crippen molar-refractivity contribution in [3.8, 4) is 0 Å². The summed E-state index contributed by atoms with van der Waals surface area (Å²) in [5.74, 6) is 0.522. The van der Waals surface area contributed by atoms with E-state index in [-0.39, 0.29) is 0 Å². The summed E-state index contributed by atoms with van der Waals surface area (Å²) < 4.78 is 26.8. The molecule has 1 aromatic heterocycles. The Balaban J connectivity index is 1.47. The highest BCUT2D eigenvalue weighted by atomic mass is 32.2. The van der Waals surface area contributed by atoms with Gasteiger partial charge in [-0.1, -0.05) is 18.2 Å². The Kier molecular flexibility index (Phi) is 5.60. The first-order valence-electron chi connectivity index (χ1n) is 8.31. The second kappa shape index (κ2) is 7.88. The summed E-state index contributed by atoms with van der Waals surface area (Å²) >= 11 is 0. The van der Waals surface area contributed by atoms with Gasteiger partial charge in [0.25, 0.3) is 0 Å². The van der Waals surface area contributed by atoms with Crippen molar-refractivity contribution in [1.29, 1.82) is 0 Å². The predicted molar refractivity (Wildman–Crippen MR) is 93.9 cm³/mol. The normalized spacial score (nSPS) is 17.0. The second-order valence-electron chi connectivity index (χ2n) is 6.15. The third-order valence-electron chi connectivity index (χ3n) is 4.47. The Labute approximate surface area is 143 Å². The number of sulfonamides is 1. The summed E-state index contributed by atoms with van der Waals surface area (Å²) in [5.41, 5.74) is 1.22. The van der Waals surface area contributed by atoms with Crippen LogP contribution in [-0.2, 0) is 16.6 Å². The number of hydrogen-bond acceptors (Lipinski definition) is 4. The van der Waals surface area contributed by atoms with E-state index in [9.17, 15) is 8.42 Å². The van der Waals surface area contributed by atoms with E-state index in [4.69, 9.17) is 0 Å². The topological polar surface area (TPSA) is 62.3 Å². The van der Waals surface area contributed by atoms with Gasteiger partial charge in [-0.25, -0.2) is 8.42 Å². The molecule has 128 valence electrons. The summed E-state index contributed by atoms with van der Waals surface area (Å²) in [6.07, 6.45) is 5.39. The Morgan fingerprint density at radius 1 is 1.04 bits per heavy atom. The maximum atomic E-state index is 12.6. The van der Waals surface area contributed by atoms with Gasteiger partial charge in [-0.3, -0.25) is 4.98 Å². The molecule has 3 rings (SSSR count). The SMILES string of the molecule is O=S(=O)(c1ccccc1)N1CCC(CNCc2ccncc2)CC1. The maximum Gasteiger partial charge on any atom is 0.243 e.